The summed E-state index contributed by atoms with van der Waals surface area (Å²) in [4.78, 5) is 22.2. The molecular formula is C26H30Cl2N8O4. The van der Waals surface area contributed by atoms with Gasteiger partial charge in [0.1, 0.15) is 11.0 Å². The van der Waals surface area contributed by atoms with E-state index in [9.17, 15) is 20.4 Å². The molecule has 6 N–H and O–H groups in total. The molecule has 2 aromatic heterocycles. The average Bonchev–Trinajstić information content (AvgIpc) is 2.95. The summed E-state index contributed by atoms with van der Waals surface area (Å²) in [5.41, 5.74) is 2.07. The second-order valence-electron chi connectivity index (χ2n) is 8.57. The van der Waals surface area contributed by atoms with E-state index in [2.05, 4.69) is 10.6 Å². The van der Waals surface area contributed by atoms with Crippen LogP contribution in [0.4, 0.5) is 34.9 Å². The lowest BCUT2D eigenvalue weighted by molar-refractivity contribution is 0.279. The Hall–Kier alpha value is -3.52. The van der Waals surface area contributed by atoms with Gasteiger partial charge in [0.25, 0.3) is 0 Å². The number of fused-ring (bicyclic) bond motifs is 1. The molecule has 0 aliphatic heterocycles. The van der Waals surface area contributed by atoms with Crippen LogP contribution < -0.4 is 20.4 Å². The lowest BCUT2D eigenvalue weighted by Gasteiger charge is -2.24. The van der Waals surface area contributed by atoms with Crippen molar-refractivity contribution in [1.82, 2.24) is 19.9 Å². The summed E-state index contributed by atoms with van der Waals surface area (Å²) in [6, 6.07) is 14.1. The van der Waals surface area contributed by atoms with E-state index in [4.69, 9.17) is 43.1 Å². The van der Waals surface area contributed by atoms with Crippen molar-refractivity contribution in [3.63, 3.8) is 0 Å². The molecule has 0 radical (unpaired) electrons. The van der Waals surface area contributed by atoms with Gasteiger partial charge in [-0.25, -0.2) is 9.97 Å². The van der Waals surface area contributed by atoms with E-state index in [1.165, 1.54) is 0 Å². The average molecular weight is 589 g/mol. The van der Waals surface area contributed by atoms with Gasteiger partial charge in [-0.1, -0.05) is 23.2 Å². The lowest BCUT2D eigenvalue weighted by Crippen LogP contribution is -2.32. The highest BCUT2D eigenvalue weighted by atomic mass is 35.5. The first-order valence-electron chi connectivity index (χ1n) is 12.5. The number of aliphatic hydroxyl groups excluding tert-OH is 4. The molecule has 0 spiro atoms. The Morgan fingerprint density at radius 3 is 1.15 bits per heavy atom. The molecule has 0 saturated carbocycles. The third-order valence-electron chi connectivity index (χ3n) is 5.78. The van der Waals surface area contributed by atoms with E-state index in [1.54, 1.807) is 58.3 Å². The van der Waals surface area contributed by atoms with Crippen molar-refractivity contribution in [3.8, 4) is 0 Å². The van der Waals surface area contributed by atoms with Gasteiger partial charge in [-0.05, 0) is 48.5 Å². The van der Waals surface area contributed by atoms with Crippen LogP contribution >= 0.6 is 23.2 Å². The fourth-order valence-corrected chi connectivity index (χ4v) is 4.15. The summed E-state index contributed by atoms with van der Waals surface area (Å²) < 4.78 is 0. The first-order chi connectivity index (χ1) is 19.4. The number of nitrogens with one attached hydrogen (secondary N) is 2. The van der Waals surface area contributed by atoms with Crippen LogP contribution in [0, 0.1) is 0 Å². The largest absolute Gasteiger partial charge is 0.395 e. The predicted molar refractivity (Wildman–Crippen MR) is 157 cm³/mol. The number of aliphatic hydroxyl groups is 4. The van der Waals surface area contributed by atoms with E-state index in [-0.39, 0.29) is 64.5 Å². The molecule has 0 aliphatic rings. The van der Waals surface area contributed by atoms with E-state index in [0.29, 0.717) is 44.1 Å². The van der Waals surface area contributed by atoms with Crippen LogP contribution in [0.2, 0.25) is 10.0 Å². The van der Waals surface area contributed by atoms with Gasteiger partial charge in [0.15, 0.2) is 11.6 Å². The second-order valence-corrected chi connectivity index (χ2v) is 9.45. The molecular weight excluding hydrogens is 559 g/mol. The number of benzene rings is 2. The van der Waals surface area contributed by atoms with Crippen LogP contribution in [-0.2, 0) is 0 Å². The van der Waals surface area contributed by atoms with Crippen LogP contribution in [-0.4, -0.2) is 93.0 Å². The topological polar surface area (TPSA) is 163 Å². The third kappa shape index (κ3) is 7.36. The van der Waals surface area contributed by atoms with Crippen LogP contribution in [0.3, 0.4) is 0 Å². The first-order valence-corrected chi connectivity index (χ1v) is 13.3. The van der Waals surface area contributed by atoms with E-state index < -0.39 is 0 Å². The SMILES string of the molecule is OCCN(CCO)c1nc(Nc2ccc(Cl)cc2)c2nc(N(CCO)CCO)nc(Nc3ccc(Cl)cc3)c2n1. The molecule has 14 heteroatoms. The molecule has 2 heterocycles. The van der Waals surface area contributed by atoms with Crippen LogP contribution in [0.25, 0.3) is 11.0 Å². The molecule has 0 aliphatic carbocycles. The van der Waals surface area contributed by atoms with Crippen molar-refractivity contribution in [2.24, 2.45) is 0 Å². The molecule has 0 atom stereocenters. The number of hydrogen-bond donors (Lipinski definition) is 6. The molecule has 212 valence electrons. The molecule has 0 bridgehead atoms. The summed E-state index contributed by atoms with van der Waals surface area (Å²) >= 11 is 12.2. The second kappa shape index (κ2) is 14.2. The molecule has 0 amide bonds. The first kappa shape index (κ1) is 29.5. The van der Waals surface area contributed by atoms with Crippen LogP contribution in [0.5, 0.6) is 0 Å². The summed E-state index contributed by atoms with van der Waals surface area (Å²) in [6.07, 6.45) is 0. The van der Waals surface area contributed by atoms with E-state index >= 15 is 0 Å². The third-order valence-corrected chi connectivity index (χ3v) is 6.28. The molecule has 0 saturated heterocycles. The highest BCUT2D eigenvalue weighted by Crippen LogP contribution is 2.32. The smallest absolute Gasteiger partial charge is 0.228 e. The fraction of sp³-hybridized carbons (Fsp3) is 0.308. The highest BCUT2D eigenvalue weighted by molar-refractivity contribution is 6.30. The number of nitrogens with zero attached hydrogens (tertiary/aromatic N) is 6. The van der Waals surface area contributed by atoms with Gasteiger partial charge in [-0.2, -0.15) is 9.97 Å². The highest BCUT2D eigenvalue weighted by Gasteiger charge is 2.21. The van der Waals surface area contributed by atoms with Gasteiger partial charge in [0, 0.05) is 47.6 Å². The van der Waals surface area contributed by atoms with Gasteiger partial charge in [0.2, 0.25) is 11.9 Å². The Kier molecular flexibility index (Phi) is 10.5. The number of anilines is 6. The maximum Gasteiger partial charge on any atom is 0.228 e. The summed E-state index contributed by atoms with van der Waals surface area (Å²) in [5.74, 6) is 1.15. The zero-order valence-electron chi connectivity index (χ0n) is 21.5. The zero-order chi connectivity index (χ0) is 28.5. The number of aromatic nitrogens is 4. The standard InChI is InChI=1S/C26H30Cl2N8O4/c27-17-1-5-19(6-2-17)29-23-21-22(32-25(33-23)35(9-13-37)10-14-38)24(30-20-7-3-18(28)4-8-20)34-26(31-21)36(11-15-39)12-16-40/h1-8,37-40H,9-16H2,(H,29,32,33)(H,30,31,34). The summed E-state index contributed by atoms with van der Waals surface area (Å²) in [7, 11) is 0. The number of rotatable bonds is 14. The molecule has 0 unspecified atom stereocenters. The van der Waals surface area contributed by atoms with Gasteiger partial charge >= 0.3 is 0 Å². The molecule has 12 nitrogen and oxygen atoms in total. The minimum absolute atomic E-state index is 0.177. The van der Waals surface area contributed by atoms with E-state index in [0.717, 1.165) is 0 Å². The zero-order valence-corrected chi connectivity index (χ0v) is 23.0. The van der Waals surface area contributed by atoms with E-state index in [1.807, 2.05) is 0 Å². The maximum absolute atomic E-state index is 9.64. The van der Waals surface area contributed by atoms with Gasteiger partial charge in [-0.15, -0.1) is 0 Å². The fourth-order valence-electron chi connectivity index (χ4n) is 3.90. The predicted octanol–water partition coefficient (Wildman–Crippen LogP) is 2.80. The van der Waals surface area contributed by atoms with Crippen LogP contribution in [0.1, 0.15) is 0 Å². The lowest BCUT2D eigenvalue weighted by atomic mass is 10.3. The Balaban J connectivity index is 1.96. The Morgan fingerprint density at radius 1 is 0.525 bits per heavy atom. The van der Waals surface area contributed by atoms with Crippen molar-refractivity contribution >= 4 is 69.1 Å². The Bertz CT molecular complexity index is 1280. The summed E-state index contributed by atoms with van der Waals surface area (Å²) in [6.45, 7) is 0.0399. The van der Waals surface area contributed by atoms with Crippen molar-refractivity contribution in [3.05, 3.63) is 58.6 Å². The maximum atomic E-state index is 9.64. The van der Waals surface area contributed by atoms with Gasteiger partial charge in [-0.3, -0.25) is 0 Å². The Morgan fingerprint density at radius 2 is 0.850 bits per heavy atom. The quantitative estimate of drug-likeness (QED) is 0.128. The van der Waals surface area contributed by atoms with Crippen molar-refractivity contribution in [2.75, 3.05) is 73.0 Å². The normalized spacial score (nSPS) is 11.1. The van der Waals surface area contributed by atoms with Gasteiger partial charge < -0.3 is 40.9 Å². The van der Waals surface area contributed by atoms with Crippen molar-refractivity contribution in [2.45, 2.75) is 0 Å². The molecule has 0 fully saturated rings. The van der Waals surface area contributed by atoms with Gasteiger partial charge in [0.05, 0.1) is 26.4 Å². The molecule has 40 heavy (non-hydrogen) atoms. The summed E-state index contributed by atoms with van der Waals surface area (Å²) in [5, 5.41) is 46.2. The minimum Gasteiger partial charge on any atom is -0.395 e. The minimum atomic E-state index is -0.177. The monoisotopic (exact) mass is 588 g/mol. The molecule has 4 rings (SSSR count). The number of halogens is 2. The van der Waals surface area contributed by atoms with Crippen molar-refractivity contribution in [1.29, 1.82) is 0 Å². The molecule has 2 aromatic carbocycles. The Labute approximate surface area is 240 Å². The van der Waals surface area contributed by atoms with Crippen molar-refractivity contribution < 1.29 is 20.4 Å². The number of hydrogen-bond acceptors (Lipinski definition) is 12. The molecule has 4 aromatic rings. The van der Waals surface area contributed by atoms with Crippen LogP contribution in [0.15, 0.2) is 48.5 Å².